The van der Waals surface area contributed by atoms with Crippen molar-refractivity contribution in [3.8, 4) is 16.9 Å². The smallest absolute Gasteiger partial charge is 0.143 e. The molecule has 2 aromatic carbocycles. The minimum atomic E-state index is 0.217. The number of benzene rings is 2. The molecule has 4 nitrogen and oxygen atoms in total. The summed E-state index contributed by atoms with van der Waals surface area (Å²) in [5.74, 6) is 0.953. The largest absolute Gasteiger partial charge is 0.508 e. The molecule has 0 aliphatic heterocycles. The van der Waals surface area contributed by atoms with Crippen LogP contribution in [0.5, 0.6) is 5.75 Å². The fourth-order valence-corrected chi connectivity index (χ4v) is 3.44. The number of hydrogen-bond acceptors (Lipinski definition) is 5. The summed E-state index contributed by atoms with van der Waals surface area (Å²) in [4.78, 5) is 9.69. The summed E-state index contributed by atoms with van der Waals surface area (Å²) in [6.07, 6.45) is 1.55. The first-order chi connectivity index (χ1) is 11.3. The lowest BCUT2D eigenvalue weighted by Gasteiger charge is -2.08. The van der Waals surface area contributed by atoms with Crippen molar-refractivity contribution in [2.24, 2.45) is 0 Å². The SMILES string of the molecule is Oc1cccc(Nc2ncnc3scc(-c4ccccc4)c23)c1. The van der Waals surface area contributed by atoms with Gasteiger partial charge in [0.25, 0.3) is 0 Å². The number of fused-ring (bicyclic) bond motifs is 1. The molecule has 0 fully saturated rings. The Hall–Kier alpha value is -2.92. The Morgan fingerprint density at radius 2 is 1.83 bits per heavy atom. The summed E-state index contributed by atoms with van der Waals surface area (Å²) < 4.78 is 0. The number of phenolic OH excluding ortho intramolecular Hbond substituents is 1. The van der Waals surface area contributed by atoms with Crippen molar-refractivity contribution in [1.82, 2.24) is 9.97 Å². The van der Waals surface area contributed by atoms with Gasteiger partial charge < -0.3 is 10.4 Å². The molecule has 0 atom stereocenters. The molecule has 2 heterocycles. The van der Waals surface area contributed by atoms with Crippen LogP contribution in [0.1, 0.15) is 0 Å². The van der Waals surface area contributed by atoms with E-state index in [-0.39, 0.29) is 5.75 Å². The van der Waals surface area contributed by atoms with Crippen LogP contribution in [0.3, 0.4) is 0 Å². The molecule has 0 unspecified atom stereocenters. The van der Waals surface area contributed by atoms with Crippen molar-refractivity contribution in [3.05, 3.63) is 66.3 Å². The maximum atomic E-state index is 9.63. The summed E-state index contributed by atoms with van der Waals surface area (Å²) >= 11 is 1.60. The summed E-state index contributed by atoms with van der Waals surface area (Å²) in [7, 11) is 0. The molecular formula is C18H13N3OS. The van der Waals surface area contributed by atoms with Gasteiger partial charge in [-0.15, -0.1) is 11.3 Å². The monoisotopic (exact) mass is 319 g/mol. The minimum Gasteiger partial charge on any atom is -0.508 e. The fourth-order valence-electron chi connectivity index (χ4n) is 2.52. The number of aromatic nitrogens is 2. The molecule has 0 saturated heterocycles. The van der Waals surface area contributed by atoms with Crippen molar-refractivity contribution >= 4 is 33.1 Å². The quantitative estimate of drug-likeness (QED) is 0.569. The van der Waals surface area contributed by atoms with Gasteiger partial charge in [0.15, 0.2) is 0 Å². The van der Waals surface area contributed by atoms with Crippen molar-refractivity contribution < 1.29 is 5.11 Å². The number of phenols is 1. The van der Waals surface area contributed by atoms with E-state index < -0.39 is 0 Å². The molecule has 0 spiro atoms. The third-order valence-electron chi connectivity index (χ3n) is 3.56. The van der Waals surface area contributed by atoms with Crippen LogP contribution >= 0.6 is 11.3 Å². The van der Waals surface area contributed by atoms with Gasteiger partial charge in [-0.1, -0.05) is 36.4 Å². The normalized spacial score (nSPS) is 10.8. The van der Waals surface area contributed by atoms with Gasteiger partial charge in [0, 0.05) is 22.7 Å². The van der Waals surface area contributed by atoms with Crippen LogP contribution in [0, 0.1) is 0 Å². The number of nitrogens with zero attached hydrogens (tertiary/aromatic N) is 2. The van der Waals surface area contributed by atoms with E-state index in [1.54, 1.807) is 35.9 Å². The zero-order chi connectivity index (χ0) is 15.6. The van der Waals surface area contributed by atoms with Crippen molar-refractivity contribution in [2.75, 3.05) is 5.32 Å². The van der Waals surface area contributed by atoms with Gasteiger partial charge in [0.1, 0.15) is 22.7 Å². The van der Waals surface area contributed by atoms with E-state index in [4.69, 9.17) is 0 Å². The van der Waals surface area contributed by atoms with Gasteiger partial charge in [-0.25, -0.2) is 9.97 Å². The highest BCUT2D eigenvalue weighted by Gasteiger charge is 2.13. The van der Waals surface area contributed by atoms with Crippen LogP contribution in [0.15, 0.2) is 66.3 Å². The molecule has 0 bridgehead atoms. The van der Waals surface area contributed by atoms with Crippen molar-refractivity contribution in [2.45, 2.75) is 0 Å². The Morgan fingerprint density at radius 1 is 0.957 bits per heavy atom. The zero-order valence-electron chi connectivity index (χ0n) is 12.1. The third kappa shape index (κ3) is 2.62. The van der Waals surface area contributed by atoms with Crippen LogP contribution in [0.4, 0.5) is 11.5 Å². The molecule has 112 valence electrons. The number of nitrogens with one attached hydrogen (secondary N) is 1. The van der Waals surface area contributed by atoms with Crippen molar-refractivity contribution in [3.63, 3.8) is 0 Å². The molecule has 5 heteroatoms. The maximum Gasteiger partial charge on any atom is 0.143 e. The number of anilines is 2. The second-order valence-electron chi connectivity index (χ2n) is 5.09. The fraction of sp³-hybridized carbons (Fsp3) is 0. The Balaban J connectivity index is 1.85. The molecule has 2 aromatic heterocycles. The Kier molecular flexibility index (Phi) is 3.40. The molecule has 0 aliphatic carbocycles. The standard InChI is InChI=1S/C18H13N3OS/c22-14-8-4-7-13(9-14)21-17-16-15(12-5-2-1-3-6-12)10-23-18(16)20-11-19-17/h1-11,22H,(H,19,20,21). The number of thiophene rings is 1. The third-order valence-corrected chi connectivity index (χ3v) is 4.45. The second kappa shape index (κ2) is 5.70. The zero-order valence-corrected chi connectivity index (χ0v) is 12.9. The maximum absolute atomic E-state index is 9.63. The van der Waals surface area contributed by atoms with E-state index >= 15 is 0 Å². The number of aromatic hydroxyl groups is 1. The summed E-state index contributed by atoms with van der Waals surface area (Å²) in [5, 5.41) is 16.0. The average Bonchev–Trinajstić information content (AvgIpc) is 3.01. The first-order valence-electron chi connectivity index (χ1n) is 7.15. The molecule has 2 N–H and O–H groups in total. The molecule has 0 saturated carbocycles. The van der Waals surface area contributed by atoms with E-state index in [2.05, 4.69) is 32.8 Å². The second-order valence-corrected chi connectivity index (χ2v) is 5.95. The van der Waals surface area contributed by atoms with Gasteiger partial charge in [-0.3, -0.25) is 0 Å². The predicted molar refractivity (Wildman–Crippen MR) is 94.2 cm³/mol. The number of rotatable bonds is 3. The van der Waals surface area contributed by atoms with E-state index in [1.807, 2.05) is 24.3 Å². The van der Waals surface area contributed by atoms with E-state index in [0.717, 1.165) is 32.8 Å². The molecule has 4 aromatic rings. The lowest BCUT2D eigenvalue weighted by Crippen LogP contribution is -1.95. The molecule has 4 rings (SSSR count). The minimum absolute atomic E-state index is 0.217. The first-order valence-corrected chi connectivity index (χ1v) is 8.03. The molecule has 23 heavy (non-hydrogen) atoms. The van der Waals surface area contributed by atoms with Gasteiger partial charge in [-0.05, 0) is 17.7 Å². The molecule has 0 radical (unpaired) electrons. The van der Waals surface area contributed by atoms with Crippen LogP contribution in [0.2, 0.25) is 0 Å². The van der Waals surface area contributed by atoms with Gasteiger partial charge >= 0.3 is 0 Å². The summed E-state index contributed by atoms with van der Waals surface area (Å²) in [6, 6.07) is 17.2. The molecular weight excluding hydrogens is 306 g/mol. The Labute approximate surface area is 137 Å². The molecule has 0 aliphatic rings. The average molecular weight is 319 g/mol. The first kappa shape index (κ1) is 13.7. The highest BCUT2D eigenvalue weighted by atomic mass is 32.1. The van der Waals surface area contributed by atoms with Crippen LogP contribution < -0.4 is 5.32 Å². The molecule has 0 amide bonds. The summed E-state index contributed by atoms with van der Waals surface area (Å²) in [5.41, 5.74) is 3.02. The van der Waals surface area contributed by atoms with Crippen LogP contribution in [0.25, 0.3) is 21.3 Å². The Morgan fingerprint density at radius 3 is 2.65 bits per heavy atom. The Bertz CT molecular complexity index is 966. The lowest BCUT2D eigenvalue weighted by molar-refractivity contribution is 0.475. The van der Waals surface area contributed by atoms with E-state index in [1.165, 1.54) is 0 Å². The van der Waals surface area contributed by atoms with Gasteiger partial charge in [0.2, 0.25) is 0 Å². The topological polar surface area (TPSA) is 58.0 Å². The van der Waals surface area contributed by atoms with Crippen molar-refractivity contribution in [1.29, 1.82) is 0 Å². The highest BCUT2D eigenvalue weighted by Crippen LogP contribution is 2.37. The van der Waals surface area contributed by atoms with E-state index in [9.17, 15) is 5.11 Å². The van der Waals surface area contributed by atoms with Crippen LogP contribution in [-0.4, -0.2) is 15.1 Å². The summed E-state index contributed by atoms with van der Waals surface area (Å²) in [6.45, 7) is 0. The highest BCUT2D eigenvalue weighted by molar-refractivity contribution is 7.17. The van der Waals surface area contributed by atoms with Crippen LogP contribution in [-0.2, 0) is 0 Å². The predicted octanol–water partition coefficient (Wildman–Crippen LogP) is 4.81. The van der Waals surface area contributed by atoms with Gasteiger partial charge in [0.05, 0.1) is 5.39 Å². The van der Waals surface area contributed by atoms with Gasteiger partial charge in [-0.2, -0.15) is 0 Å². The number of hydrogen-bond donors (Lipinski definition) is 2. The van der Waals surface area contributed by atoms with E-state index in [0.29, 0.717) is 0 Å². The lowest BCUT2D eigenvalue weighted by atomic mass is 10.1.